The van der Waals surface area contributed by atoms with E-state index in [1.807, 2.05) is 28.8 Å². The van der Waals surface area contributed by atoms with Gasteiger partial charge in [0.2, 0.25) is 5.95 Å². The van der Waals surface area contributed by atoms with Gasteiger partial charge in [0.05, 0.1) is 5.69 Å². The van der Waals surface area contributed by atoms with Gasteiger partial charge in [0, 0.05) is 31.9 Å². The molecule has 4 heterocycles. The Balaban J connectivity index is 1.28. The van der Waals surface area contributed by atoms with Gasteiger partial charge in [-0.05, 0) is 55.7 Å². The fraction of sp³-hybridized carbons (Fsp3) is 0.474. The highest BCUT2D eigenvalue weighted by atomic mass is 16.1. The molecule has 1 fully saturated rings. The van der Waals surface area contributed by atoms with Crippen LogP contribution in [0.2, 0.25) is 0 Å². The summed E-state index contributed by atoms with van der Waals surface area (Å²) >= 11 is 0. The number of rotatable bonds is 3. The van der Waals surface area contributed by atoms with Gasteiger partial charge in [0.25, 0.3) is 5.56 Å². The molecule has 26 heavy (non-hydrogen) atoms. The molecule has 134 valence electrons. The van der Waals surface area contributed by atoms with E-state index in [1.54, 1.807) is 10.7 Å². The topological polar surface area (TPSA) is 68.3 Å². The Kier molecular flexibility index (Phi) is 3.72. The van der Waals surface area contributed by atoms with Crippen LogP contribution in [0.5, 0.6) is 0 Å². The molecular weight excluding hydrogens is 328 g/mol. The zero-order valence-corrected chi connectivity index (χ0v) is 14.7. The Morgan fingerprint density at radius 2 is 2.00 bits per heavy atom. The number of piperidine rings is 1. The van der Waals surface area contributed by atoms with Crippen molar-refractivity contribution in [2.24, 2.45) is 5.92 Å². The second-order valence-corrected chi connectivity index (χ2v) is 7.35. The maximum absolute atomic E-state index is 12.3. The standard InChI is InChI=1S/C19H22N6O/c26-18-12-15-4-3-5-16(15)22-25(18)13-14-7-10-23(11-8-14)19-21-20-17-6-1-2-9-24(17)19/h1-2,6,9,12,14H,3-5,7-8,10-11,13H2. The average Bonchev–Trinajstić information content (AvgIpc) is 3.29. The number of nitrogens with zero attached hydrogens (tertiary/aromatic N) is 6. The lowest BCUT2D eigenvalue weighted by Crippen LogP contribution is -2.38. The van der Waals surface area contributed by atoms with E-state index in [1.165, 1.54) is 0 Å². The van der Waals surface area contributed by atoms with E-state index >= 15 is 0 Å². The van der Waals surface area contributed by atoms with Crippen molar-refractivity contribution in [1.82, 2.24) is 24.4 Å². The Labute approximate surface area is 151 Å². The molecule has 0 N–H and O–H groups in total. The average molecular weight is 350 g/mol. The quantitative estimate of drug-likeness (QED) is 0.719. The van der Waals surface area contributed by atoms with Crippen molar-refractivity contribution >= 4 is 11.6 Å². The molecule has 0 amide bonds. The van der Waals surface area contributed by atoms with Crippen LogP contribution in [0, 0.1) is 5.92 Å². The summed E-state index contributed by atoms with van der Waals surface area (Å²) in [7, 11) is 0. The fourth-order valence-electron chi connectivity index (χ4n) is 4.17. The predicted octanol–water partition coefficient (Wildman–Crippen LogP) is 1.69. The monoisotopic (exact) mass is 350 g/mol. The van der Waals surface area contributed by atoms with Crippen molar-refractivity contribution in [3.63, 3.8) is 0 Å². The van der Waals surface area contributed by atoms with Crippen molar-refractivity contribution in [2.75, 3.05) is 18.0 Å². The molecule has 0 atom stereocenters. The van der Waals surface area contributed by atoms with Crippen molar-refractivity contribution in [1.29, 1.82) is 0 Å². The molecule has 0 aromatic carbocycles. The Morgan fingerprint density at radius 3 is 2.88 bits per heavy atom. The van der Waals surface area contributed by atoms with Crippen molar-refractivity contribution in [2.45, 2.75) is 38.6 Å². The minimum absolute atomic E-state index is 0.0523. The van der Waals surface area contributed by atoms with Crippen molar-refractivity contribution in [3.05, 3.63) is 52.1 Å². The van der Waals surface area contributed by atoms with E-state index in [4.69, 9.17) is 0 Å². The van der Waals surface area contributed by atoms with Crippen LogP contribution < -0.4 is 10.5 Å². The Morgan fingerprint density at radius 1 is 1.12 bits per heavy atom. The van der Waals surface area contributed by atoms with Gasteiger partial charge in [-0.25, -0.2) is 4.68 Å². The van der Waals surface area contributed by atoms with Crippen LogP contribution in [0.3, 0.4) is 0 Å². The molecule has 0 radical (unpaired) electrons. The molecule has 7 nitrogen and oxygen atoms in total. The molecular formula is C19H22N6O. The molecule has 7 heteroatoms. The molecule has 2 aliphatic rings. The first-order valence-electron chi connectivity index (χ1n) is 9.42. The van der Waals surface area contributed by atoms with E-state index in [9.17, 15) is 4.79 Å². The molecule has 1 aliphatic carbocycles. The minimum atomic E-state index is 0.0523. The summed E-state index contributed by atoms with van der Waals surface area (Å²) in [6.45, 7) is 2.58. The normalized spacial score (nSPS) is 17.8. The molecule has 0 bridgehead atoms. The summed E-state index contributed by atoms with van der Waals surface area (Å²) in [6.07, 6.45) is 7.21. The zero-order valence-electron chi connectivity index (χ0n) is 14.7. The summed E-state index contributed by atoms with van der Waals surface area (Å²) in [6, 6.07) is 7.74. The first kappa shape index (κ1) is 15.5. The maximum atomic E-state index is 12.3. The van der Waals surface area contributed by atoms with Gasteiger partial charge < -0.3 is 4.90 Å². The van der Waals surface area contributed by atoms with Gasteiger partial charge in [-0.2, -0.15) is 5.10 Å². The third-order valence-corrected chi connectivity index (χ3v) is 5.65. The molecule has 5 rings (SSSR count). The summed E-state index contributed by atoms with van der Waals surface area (Å²) in [5.74, 6) is 1.39. The molecule has 0 saturated carbocycles. The van der Waals surface area contributed by atoms with Crippen molar-refractivity contribution in [3.8, 4) is 0 Å². The number of fused-ring (bicyclic) bond motifs is 2. The minimum Gasteiger partial charge on any atom is -0.341 e. The first-order valence-corrected chi connectivity index (χ1v) is 9.42. The van der Waals surface area contributed by atoms with E-state index in [0.717, 1.165) is 74.6 Å². The van der Waals surface area contributed by atoms with Crippen LogP contribution in [0.25, 0.3) is 5.65 Å². The highest BCUT2D eigenvalue weighted by molar-refractivity contribution is 5.46. The SMILES string of the molecule is O=c1cc2c(nn1CC1CCN(c3nnc4ccccn34)CC1)CCC2. The highest BCUT2D eigenvalue weighted by Crippen LogP contribution is 2.24. The summed E-state index contributed by atoms with van der Waals surface area (Å²) < 4.78 is 3.73. The van der Waals surface area contributed by atoms with Gasteiger partial charge in [-0.1, -0.05) is 6.07 Å². The van der Waals surface area contributed by atoms with Crippen LogP contribution >= 0.6 is 0 Å². The fourth-order valence-corrected chi connectivity index (χ4v) is 4.17. The van der Waals surface area contributed by atoms with Gasteiger partial charge in [0.15, 0.2) is 5.65 Å². The Hall–Kier alpha value is -2.70. The molecule has 0 spiro atoms. The molecule has 1 saturated heterocycles. The largest absolute Gasteiger partial charge is 0.341 e. The summed E-state index contributed by atoms with van der Waals surface area (Å²) in [5, 5.41) is 13.2. The molecule has 1 aliphatic heterocycles. The van der Waals surface area contributed by atoms with E-state index < -0.39 is 0 Å². The first-order chi connectivity index (χ1) is 12.8. The summed E-state index contributed by atoms with van der Waals surface area (Å²) in [4.78, 5) is 14.6. The number of pyridine rings is 1. The van der Waals surface area contributed by atoms with Gasteiger partial charge in [-0.15, -0.1) is 10.2 Å². The lowest BCUT2D eigenvalue weighted by Gasteiger charge is -2.32. The Bertz CT molecular complexity index is 999. The second kappa shape index (κ2) is 6.23. The van der Waals surface area contributed by atoms with Crippen LogP contribution in [0.1, 0.15) is 30.5 Å². The number of anilines is 1. The number of hydrogen-bond acceptors (Lipinski definition) is 5. The second-order valence-electron chi connectivity index (χ2n) is 7.35. The predicted molar refractivity (Wildman–Crippen MR) is 98.4 cm³/mol. The van der Waals surface area contributed by atoms with E-state index in [-0.39, 0.29) is 5.56 Å². The number of hydrogen-bond donors (Lipinski definition) is 0. The van der Waals surface area contributed by atoms with Crippen molar-refractivity contribution < 1.29 is 0 Å². The number of aryl methyl sites for hydroxylation is 2. The van der Waals surface area contributed by atoms with Gasteiger partial charge in [0.1, 0.15) is 0 Å². The highest BCUT2D eigenvalue weighted by Gasteiger charge is 2.24. The van der Waals surface area contributed by atoms with E-state index in [2.05, 4.69) is 20.2 Å². The number of aromatic nitrogens is 5. The van der Waals surface area contributed by atoms with Crippen LogP contribution in [-0.2, 0) is 19.4 Å². The summed E-state index contributed by atoms with van der Waals surface area (Å²) in [5.41, 5.74) is 3.20. The lowest BCUT2D eigenvalue weighted by molar-refractivity contribution is 0.332. The van der Waals surface area contributed by atoms with Crippen LogP contribution in [0.15, 0.2) is 35.3 Å². The third kappa shape index (κ3) is 2.67. The lowest BCUT2D eigenvalue weighted by atomic mass is 9.97. The van der Waals surface area contributed by atoms with E-state index in [0.29, 0.717) is 5.92 Å². The van der Waals surface area contributed by atoms with Gasteiger partial charge >= 0.3 is 0 Å². The molecule has 3 aromatic heterocycles. The van der Waals surface area contributed by atoms with Crippen LogP contribution in [0.4, 0.5) is 5.95 Å². The smallest absolute Gasteiger partial charge is 0.267 e. The van der Waals surface area contributed by atoms with Gasteiger partial charge in [-0.3, -0.25) is 9.20 Å². The van der Waals surface area contributed by atoms with Crippen LogP contribution in [-0.4, -0.2) is 37.5 Å². The zero-order chi connectivity index (χ0) is 17.5. The maximum Gasteiger partial charge on any atom is 0.267 e. The third-order valence-electron chi connectivity index (χ3n) is 5.65. The molecule has 0 unspecified atom stereocenters. The molecule has 3 aromatic rings.